The van der Waals surface area contributed by atoms with Crippen LogP contribution in [0.4, 0.5) is 0 Å². The summed E-state index contributed by atoms with van der Waals surface area (Å²) < 4.78 is 7.20. The number of pyridine rings is 1. The molecule has 0 aliphatic carbocycles. The van der Waals surface area contributed by atoms with Gasteiger partial charge in [-0.25, -0.2) is 4.79 Å². The van der Waals surface area contributed by atoms with E-state index < -0.39 is 0 Å². The molecule has 4 heteroatoms. The molecule has 3 aromatic rings. The number of nitrogens with zero attached hydrogens (tertiary/aromatic N) is 2. The normalized spacial score (nSPS) is 10.8. The molecule has 0 aliphatic rings. The van der Waals surface area contributed by atoms with Crippen LogP contribution in [0.15, 0.2) is 48.8 Å². The van der Waals surface area contributed by atoms with E-state index in [0.29, 0.717) is 18.8 Å². The van der Waals surface area contributed by atoms with E-state index in [4.69, 9.17) is 4.74 Å². The van der Waals surface area contributed by atoms with Crippen molar-refractivity contribution in [3.05, 3.63) is 65.6 Å². The summed E-state index contributed by atoms with van der Waals surface area (Å²) in [5, 5.41) is 1.05. The lowest BCUT2D eigenvalue weighted by atomic mass is 10.2. The molecule has 2 heterocycles. The number of rotatable bonds is 4. The van der Waals surface area contributed by atoms with Crippen LogP contribution in [0.2, 0.25) is 0 Å². The van der Waals surface area contributed by atoms with Crippen molar-refractivity contribution in [1.29, 1.82) is 0 Å². The molecule has 0 bridgehead atoms. The number of aryl methyl sites for hydroxylation is 1. The molecule has 0 fully saturated rings. The fraction of sp³-hybridized carbons (Fsp3) is 0.222. The topological polar surface area (TPSA) is 44.1 Å². The van der Waals surface area contributed by atoms with Crippen LogP contribution in [0, 0.1) is 6.92 Å². The lowest BCUT2D eigenvalue weighted by molar-refractivity contribution is 0.0515. The van der Waals surface area contributed by atoms with Crippen LogP contribution in [0.25, 0.3) is 10.9 Å². The molecule has 0 aliphatic heterocycles. The van der Waals surface area contributed by atoms with Crippen LogP contribution in [0.3, 0.4) is 0 Å². The van der Waals surface area contributed by atoms with E-state index in [0.717, 1.165) is 16.5 Å². The first-order valence-corrected chi connectivity index (χ1v) is 7.35. The molecule has 1 aromatic carbocycles. The summed E-state index contributed by atoms with van der Waals surface area (Å²) >= 11 is 0. The predicted octanol–water partition coefficient (Wildman–Crippen LogP) is 3.57. The van der Waals surface area contributed by atoms with Crippen molar-refractivity contribution in [1.82, 2.24) is 9.55 Å². The molecule has 112 valence electrons. The molecule has 0 amide bonds. The third-order valence-corrected chi connectivity index (χ3v) is 3.63. The monoisotopic (exact) mass is 294 g/mol. The molecule has 4 nitrogen and oxygen atoms in total. The molecule has 0 N–H and O–H groups in total. The van der Waals surface area contributed by atoms with E-state index in [1.54, 1.807) is 12.4 Å². The first kappa shape index (κ1) is 14.3. The molecular weight excluding hydrogens is 276 g/mol. The molecular formula is C18H18N2O2. The maximum atomic E-state index is 12.3. The van der Waals surface area contributed by atoms with Crippen LogP contribution in [0.1, 0.15) is 28.5 Å². The minimum absolute atomic E-state index is 0.287. The first-order chi connectivity index (χ1) is 10.7. The van der Waals surface area contributed by atoms with Crippen molar-refractivity contribution in [3.63, 3.8) is 0 Å². The van der Waals surface area contributed by atoms with Crippen molar-refractivity contribution in [2.45, 2.75) is 20.4 Å². The average Bonchev–Trinajstić information content (AvgIpc) is 2.86. The largest absolute Gasteiger partial charge is 0.461 e. The van der Waals surface area contributed by atoms with Crippen molar-refractivity contribution in [2.24, 2.45) is 0 Å². The van der Waals surface area contributed by atoms with E-state index in [9.17, 15) is 4.79 Å². The molecule has 0 saturated heterocycles. The zero-order valence-corrected chi connectivity index (χ0v) is 12.7. The lowest BCUT2D eigenvalue weighted by Crippen LogP contribution is -2.12. The Morgan fingerprint density at radius 2 is 1.95 bits per heavy atom. The van der Waals surface area contributed by atoms with Gasteiger partial charge in [-0.3, -0.25) is 4.98 Å². The number of hydrogen-bond acceptors (Lipinski definition) is 3. The Bertz CT molecular complexity index is 807. The fourth-order valence-corrected chi connectivity index (χ4v) is 2.61. The number of carbonyl (C=O) groups excluding carboxylic acids is 1. The number of hydrogen-bond donors (Lipinski definition) is 0. The third-order valence-electron chi connectivity index (χ3n) is 3.63. The summed E-state index contributed by atoms with van der Waals surface area (Å²) in [4.78, 5) is 16.3. The Morgan fingerprint density at radius 1 is 1.18 bits per heavy atom. The van der Waals surface area contributed by atoms with Gasteiger partial charge in [0.2, 0.25) is 0 Å². The van der Waals surface area contributed by atoms with Crippen molar-refractivity contribution in [3.8, 4) is 0 Å². The van der Waals surface area contributed by atoms with Crippen LogP contribution < -0.4 is 0 Å². The number of esters is 1. The van der Waals surface area contributed by atoms with Crippen molar-refractivity contribution in [2.75, 3.05) is 6.61 Å². The van der Waals surface area contributed by atoms with E-state index in [1.165, 1.54) is 5.56 Å². The second-order valence-corrected chi connectivity index (χ2v) is 5.25. The van der Waals surface area contributed by atoms with E-state index in [1.807, 2.05) is 36.6 Å². The van der Waals surface area contributed by atoms with Crippen LogP contribution in [-0.4, -0.2) is 22.1 Å². The van der Waals surface area contributed by atoms with Gasteiger partial charge in [-0.2, -0.15) is 0 Å². The van der Waals surface area contributed by atoms with Crippen LogP contribution >= 0.6 is 0 Å². The molecule has 22 heavy (non-hydrogen) atoms. The second kappa shape index (κ2) is 6.02. The highest BCUT2D eigenvalue weighted by molar-refractivity contribution is 5.96. The van der Waals surface area contributed by atoms with Crippen molar-refractivity contribution < 1.29 is 9.53 Å². The molecule has 3 rings (SSSR count). The fourth-order valence-electron chi connectivity index (χ4n) is 2.61. The highest BCUT2D eigenvalue weighted by atomic mass is 16.5. The summed E-state index contributed by atoms with van der Waals surface area (Å²) in [5.41, 5.74) is 3.88. The Kier molecular flexibility index (Phi) is 3.92. The first-order valence-electron chi connectivity index (χ1n) is 7.35. The highest BCUT2D eigenvalue weighted by Crippen LogP contribution is 2.23. The van der Waals surface area contributed by atoms with E-state index in [2.05, 4.69) is 23.2 Å². The maximum absolute atomic E-state index is 12.3. The van der Waals surface area contributed by atoms with Gasteiger partial charge in [-0.15, -0.1) is 0 Å². The van der Waals surface area contributed by atoms with Gasteiger partial charge in [-0.05, 0) is 49.7 Å². The van der Waals surface area contributed by atoms with Gasteiger partial charge in [0, 0.05) is 29.8 Å². The standard InChI is InChI=1S/C18H18N2O2/c1-3-22-18(21)17-11-15-10-13(2)4-5-16(15)20(17)12-14-6-8-19-9-7-14/h4-11H,3,12H2,1-2H3. The van der Waals surface area contributed by atoms with Gasteiger partial charge in [0.1, 0.15) is 5.69 Å². The number of ether oxygens (including phenoxy) is 1. The zero-order valence-electron chi connectivity index (χ0n) is 12.7. The Labute approximate surface area is 129 Å². The highest BCUT2D eigenvalue weighted by Gasteiger charge is 2.16. The van der Waals surface area contributed by atoms with Crippen molar-refractivity contribution >= 4 is 16.9 Å². The predicted molar refractivity (Wildman–Crippen MR) is 86.0 cm³/mol. The third kappa shape index (κ3) is 2.72. The smallest absolute Gasteiger partial charge is 0.354 e. The SMILES string of the molecule is CCOC(=O)c1cc2cc(C)ccc2n1Cc1ccncc1. The Hall–Kier alpha value is -2.62. The zero-order chi connectivity index (χ0) is 15.5. The Morgan fingerprint density at radius 3 is 2.68 bits per heavy atom. The average molecular weight is 294 g/mol. The van der Waals surface area contributed by atoms with Gasteiger partial charge in [0.05, 0.1) is 6.61 Å². The summed E-state index contributed by atoms with van der Waals surface area (Å²) in [6.45, 7) is 4.85. The minimum atomic E-state index is -0.287. The van der Waals surface area contributed by atoms with Gasteiger partial charge < -0.3 is 9.30 Å². The summed E-state index contributed by atoms with van der Waals surface area (Å²) in [6, 6.07) is 12.0. The number of fused-ring (bicyclic) bond motifs is 1. The summed E-state index contributed by atoms with van der Waals surface area (Å²) in [6.07, 6.45) is 3.52. The molecule has 2 aromatic heterocycles. The molecule has 0 radical (unpaired) electrons. The van der Waals surface area contributed by atoms with Crippen LogP contribution in [0.5, 0.6) is 0 Å². The van der Waals surface area contributed by atoms with Gasteiger partial charge in [-0.1, -0.05) is 11.6 Å². The van der Waals surface area contributed by atoms with Gasteiger partial charge in [0.25, 0.3) is 0 Å². The van der Waals surface area contributed by atoms with Gasteiger partial charge in [0.15, 0.2) is 0 Å². The number of carbonyl (C=O) groups is 1. The quantitative estimate of drug-likeness (QED) is 0.691. The van der Waals surface area contributed by atoms with E-state index >= 15 is 0 Å². The maximum Gasteiger partial charge on any atom is 0.354 e. The van der Waals surface area contributed by atoms with Gasteiger partial charge >= 0.3 is 5.97 Å². The lowest BCUT2D eigenvalue weighted by Gasteiger charge is -2.10. The second-order valence-electron chi connectivity index (χ2n) is 5.25. The Balaban J connectivity index is 2.12. The minimum Gasteiger partial charge on any atom is -0.461 e. The van der Waals surface area contributed by atoms with E-state index in [-0.39, 0.29) is 5.97 Å². The summed E-state index contributed by atoms with van der Waals surface area (Å²) in [5.74, 6) is -0.287. The molecule has 0 unspecified atom stereocenters. The number of benzene rings is 1. The summed E-state index contributed by atoms with van der Waals surface area (Å²) in [7, 11) is 0. The molecule has 0 spiro atoms. The molecule has 0 atom stereocenters. The number of aromatic nitrogens is 2. The molecule has 0 saturated carbocycles. The van der Waals surface area contributed by atoms with Crippen LogP contribution in [-0.2, 0) is 11.3 Å².